The first-order valence-corrected chi connectivity index (χ1v) is 9.40. The van der Waals surface area contributed by atoms with Crippen molar-refractivity contribution in [3.63, 3.8) is 0 Å². The summed E-state index contributed by atoms with van der Waals surface area (Å²) in [6.07, 6.45) is 1.50. The number of nitrogens with one attached hydrogen (secondary N) is 1. The highest BCUT2D eigenvalue weighted by atomic mass is 32.2. The minimum Gasteiger partial charge on any atom is -0.295 e. The van der Waals surface area contributed by atoms with E-state index in [1.165, 1.54) is 33.5 Å². The van der Waals surface area contributed by atoms with Crippen molar-refractivity contribution in [2.45, 2.75) is 25.3 Å². The largest absolute Gasteiger partial charge is 0.328 e. The molecule has 3 aromatic rings. The third-order valence-electron chi connectivity index (χ3n) is 4.30. The standard InChI is InChI=1S/C16H19N5O4S/c1-5-21-9-12(10(2)17-21)15(22)18-26(24,25)11-6-7-13-14(8-11)20(4)16(23)19(13)3/h6-9H,5H2,1-4H3,(H,18,22). The van der Waals surface area contributed by atoms with Crippen molar-refractivity contribution in [2.24, 2.45) is 14.1 Å². The van der Waals surface area contributed by atoms with Crippen LogP contribution in [0.25, 0.3) is 11.0 Å². The summed E-state index contributed by atoms with van der Waals surface area (Å²) in [7, 11) is -0.931. The molecule has 3 rings (SSSR count). The minimum atomic E-state index is -4.09. The molecule has 9 nitrogen and oxygen atoms in total. The first-order chi connectivity index (χ1) is 12.2. The van der Waals surface area contributed by atoms with Crippen LogP contribution in [0.5, 0.6) is 0 Å². The molecule has 2 heterocycles. The zero-order valence-electron chi connectivity index (χ0n) is 14.8. The second-order valence-corrected chi connectivity index (χ2v) is 7.65. The van der Waals surface area contributed by atoms with E-state index < -0.39 is 15.9 Å². The van der Waals surface area contributed by atoms with E-state index in [-0.39, 0.29) is 16.1 Å². The summed E-state index contributed by atoms with van der Waals surface area (Å²) < 4.78 is 31.6. The fraction of sp³-hybridized carbons (Fsp3) is 0.312. The van der Waals surface area contributed by atoms with Crippen LogP contribution in [0.1, 0.15) is 23.0 Å². The molecule has 0 aliphatic carbocycles. The molecule has 0 atom stereocenters. The van der Waals surface area contributed by atoms with Crippen LogP contribution >= 0.6 is 0 Å². The normalized spacial score (nSPS) is 11.8. The number of carbonyl (C=O) groups excluding carboxylic acids is 1. The number of sulfonamides is 1. The third-order valence-corrected chi connectivity index (χ3v) is 5.62. The molecule has 0 fully saturated rings. The Balaban J connectivity index is 1.99. The molecular weight excluding hydrogens is 358 g/mol. The van der Waals surface area contributed by atoms with Crippen LogP contribution in [0.2, 0.25) is 0 Å². The van der Waals surface area contributed by atoms with Crippen molar-refractivity contribution in [3.8, 4) is 0 Å². The van der Waals surface area contributed by atoms with E-state index in [0.717, 1.165) is 0 Å². The van der Waals surface area contributed by atoms with Gasteiger partial charge in [0.25, 0.3) is 15.9 Å². The fourth-order valence-electron chi connectivity index (χ4n) is 2.79. The van der Waals surface area contributed by atoms with Crippen LogP contribution in [0.4, 0.5) is 0 Å². The summed E-state index contributed by atoms with van der Waals surface area (Å²) in [5, 5.41) is 4.14. The Bertz CT molecular complexity index is 1180. The highest BCUT2D eigenvalue weighted by Gasteiger charge is 2.22. The van der Waals surface area contributed by atoms with Gasteiger partial charge in [0.1, 0.15) is 0 Å². The van der Waals surface area contributed by atoms with Gasteiger partial charge in [0, 0.05) is 26.8 Å². The van der Waals surface area contributed by atoms with Gasteiger partial charge in [-0.2, -0.15) is 5.10 Å². The molecule has 0 unspecified atom stereocenters. The number of benzene rings is 1. The fourth-order valence-corrected chi connectivity index (χ4v) is 3.78. The number of aryl methyl sites for hydroxylation is 4. The molecule has 10 heteroatoms. The molecule has 138 valence electrons. The molecule has 0 saturated heterocycles. The van der Waals surface area contributed by atoms with E-state index in [4.69, 9.17) is 0 Å². The molecule has 0 radical (unpaired) electrons. The maximum absolute atomic E-state index is 12.6. The van der Waals surface area contributed by atoms with Crippen LogP contribution < -0.4 is 10.4 Å². The predicted molar refractivity (Wildman–Crippen MR) is 95.5 cm³/mol. The monoisotopic (exact) mass is 377 g/mol. The molecule has 1 amide bonds. The second-order valence-electron chi connectivity index (χ2n) is 5.97. The van der Waals surface area contributed by atoms with Gasteiger partial charge in [-0.15, -0.1) is 0 Å². The molecule has 2 aromatic heterocycles. The molecular formula is C16H19N5O4S. The number of imidazole rings is 1. The van der Waals surface area contributed by atoms with Crippen molar-refractivity contribution in [1.82, 2.24) is 23.6 Å². The Morgan fingerprint density at radius 1 is 1.19 bits per heavy atom. The zero-order valence-corrected chi connectivity index (χ0v) is 15.7. The van der Waals surface area contributed by atoms with E-state index in [9.17, 15) is 18.0 Å². The first kappa shape index (κ1) is 17.9. The second kappa shape index (κ2) is 6.13. The summed E-state index contributed by atoms with van der Waals surface area (Å²) in [6.45, 7) is 4.07. The summed E-state index contributed by atoms with van der Waals surface area (Å²) >= 11 is 0. The topological polar surface area (TPSA) is 108 Å². The number of hydrogen-bond donors (Lipinski definition) is 1. The Kier molecular flexibility index (Phi) is 4.23. The van der Waals surface area contributed by atoms with Gasteiger partial charge in [0.2, 0.25) is 0 Å². The van der Waals surface area contributed by atoms with Crippen LogP contribution in [-0.2, 0) is 30.7 Å². The van der Waals surface area contributed by atoms with Crippen LogP contribution in [0.3, 0.4) is 0 Å². The van der Waals surface area contributed by atoms with Crippen molar-refractivity contribution in [1.29, 1.82) is 0 Å². The van der Waals surface area contributed by atoms with Crippen LogP contribution in [0.15, 0.2) is 34.1 Å². The van der Waals surface area contributed by atoms with Gasteiger partial charge in [0.05, 0.1) is 27.2 Å². The number of rotatable bonds is 4. The maximum Gasteiger partial charge on any atom is 0.328 e. The molecule has 0 aliphatic rings. The van der Waals surface area contributed by atoms with Gasteiger partial charge in [0.15, 0.2) is 0 Å². The molecule has 26 heavy (non-hydrogen) atoms. The van der Waals surface area contributed by atoms with Crippen molar-refractivity contribution in [3.05, 3.63) is 46.1 Å². The molecule has 0 bridgehead atoms. The maximum atomic E-state index is 12.6. The quantitative estimate of drug-likeness (QED) is 0.713. The van der Waals surface area contributed by atoms with Gasteiger partial charge < -0.3 is 0 Å². The Morgan fingerprint density at radius 3 is 2.46 bits per heavy atom. The highest BCUT2D eigenvalue weighted by molar-refractivity contribution is 7.90. The summed E-state index contributed by atoms with van der Waals surface area (Å²) in [5.41, 5.74) is 1.44. The van der Waals surface area contributed by atoms with Gasteiger partial charge in [-0.25, -0.2) is 17.9 Å². The van der Waals surface area contributed by atoms with Gasteiger partial charge in [-0.1, -0.05) is 0 Å². The number of carbonyl (C=O) groups is 1. The molecule has 0 aliphatic heterocycles. The molecule has 1 N–H and O–H groups in total. The third kappa shape index (κ3) is 2.81. The Labute approximate surface area is 149 Å². The predicted octanol–water partition coefficient (Wildman–Crippen LogP) is 0.521. The lowest BCUT2D eigenvalue weighted by Crippen LogP contribution is -2.30. The zero-order chi connectivity index (χ0) is 19.2. The average Bonchev–Trinajstić information content (AvgIpc) is 3.08. The average molecular weight is 377 g/mol. The van der Waals surface area contributed by atoms with Crippen molar-refractivity contribution >= 4 is 27.0 Å². The van der Waals surface area contributed by atoms with E-state index in [1.807, 2.05) is 6.92 Å². The molecule has 0 saturated carbocycles. The van der Waals surface area contributed by atoms with E-state index in [2.05, 4.69) is 9.82 Å². The highest BCUT2D eigenvalue weighted by Crippen LogP contribution is 2.18. The lowest BCUT2D eigenvalue weighted by atomic mass is 10.2. The SMILES string of the molecule is CCn1cc(C(=O)NS(=O)(=O)c2ccc3c(c2)n(C)c(=O)n3C)c(C)n1. The Morgan fingerprint density at radius 2 is 1.85 bits per heavy atom. The van der Waals surface area contributed by atoms with Gasteiger partial charge >= 0.3 is 5.69 Å². The Hall–Kier alpha value is -2.88. The van der Waals surface area contributed by atoms with Crippen LogP contribution in [0, 0.1) is 6.92 Å². The smallest absolute Gasteiger partial charge is 0.295 e. The van der Waals surface area contributed by atoms with E-state index >= 15 is 0 Å². The summed E-state index contributed by atoms with van der Waals surface area (Å²) in [5.74, 6) is -0.746. The van der Waals surface area contributed by atoms with E-state index in [1.54, 1.807) is 25.7 Å². The first-order valence-electron chi connectivity index (χ1n) is 7.92. The minimum absolute atomic E-state index is 0.0971. The lowest BCUT2D eigenvalue weighted by Gasteiger charge is -2.07. The summed E-state index contributed by atoms with van der Waals surface area (Å²) in [6, 6.07) is 4.27. The van der Waals surface area contributed by atoms with Gasteiger partial charge in [-0.05, 0) is 32.0 Å². The number of fused-ring (bicyclic) bond motifs is 1. The number of aromatic nitrogens is 4. The van der Waals surface area contributed by atoms with E-state index in [0.29, 0.717) is 23.3 Å². The van der Waals surface area contributed by atoms with Gasteiger partial charge in [-0.3, -0.25) is 18.6 Å². The lowest BCUT2D eigenvalue weighted by molar-refractivity contribution is 0.0980. The van der Waals surface area contributed by atoms with Crippen LogP contribution in [-0.4, -0.2) is 33.2 Å². The summed E-state index contributed by atoms with van der Waals surface area (Å²) in [4.78, 5) is 24.2. The number of nitrogens with zero attached hydrogens (tertiary/aromatic N) is 4. The molecule has 0 spiro atoms. The number of amides is 1. The number of hydrogen-bond acceptors (Lipinski definition) is 5. The van der Waals surface area contributed by atoms with Crippen molar-refractivity contribution in [2.75, 3.05) is 0 Å². The molecule has 1 aromatic carbocycles. The van der Waals surface area contributed by atoms with Crippen molar-refractivity contribution < 1.29 is 13.2 Å².